The summed E-state index contributed by atoms with van der Waals surface area (Å²) in [7, 11) is 0. The second-order valence-corrected chi connectivity index (χ2v) is 5.27. The van der Waals surface area contributed by atoms with Gasteiger partial charge in [0.2, 0.25) is 5.91 Å². The number of nitrogens with two attached hydrogens (primary N) is 1. The van der Waals surface area contributed by atoms with Crippen LogP contribution >= 0.6 is 12.2 Å². The molecule has 1 atom stereocenters. The Morgan fingerprint density at radius 2 is 2.10 bits per heavy atom. The predicted octanol–water partition coefficient (Wildman–Crippen LogP) is 2.76. The summed E-state index contributed by atoms with van der Waals surface area (Å²) < 4.78 is 0. The van der Waals surface area contributed by atoms with Gasteiger partial charge in [-0.25, -0.2) is 0 Å². The van der Waals surface area contributed by atoms with Gasteiger partial charge in [0.1, 0.15) is 5.75 Å². The number of nitrogens with zero attached hydrogens (tertiary/aromatic N) is 1. The van der Waals surface area contributed by atoms with Gasteiger partial charge in [0.05, 0.1) is 16.6 Å². The van der Waals surface area contributed by atoms with Gasteiger partial charge in [0.15, 0.2) is 0 Å². The highest BCUT2D eigenvalue weighted by molar-refractivity contribution is 7.80. The number of aromatic hydroxyl groups is 1. The molecule has 0 aliphatic rings. The van der Waals surface area contributed by atoms with Crippen molar-refractivity contribution < 1.29 is 9.90 Å². The number of thiocarbonyl (C=S) groups is 1. The minimum atomic E-state index is -0.448. The molecule has 1 aromatic rings. The summed E-state index contributed by atoms with van der Waals surface area (Å²) in [5.41, 5.74) is 7.33. The van der Waals surface area contributed by atoms with Gasteiger partial charge in [-0.1, -0.05) is 31.6 Å². The van der Waals surface area contributed by atoms with Crippen LogP contribution in [0, 0.1) is 12.8 Å². The molecule has 0 fully saturated rings. The van der Waals surface area contributed by atoms with Crippen LogP contribution < -0.4 is 10.6 Å². The van der Waals surface area contributed by atoms with E-state index in [1.807, 2.05) is 20.8 Å². The van der Waals surface area contributed by atoms with Crippen molar-refractivity contribution in [2.45, 2.75) is 33.6 Å². The fraction of sp³-hybridized carbons (Fsp3) is 0.467. The molecular weight excluding hydrogens is 272 g/mol. The highest BCUT2D eigenvalue weighted by atomic mass is 32.1. The number of rotatable bonds is 6. The number of hydrogen-bond acceptors (Lipinski definition) is 3. The molecule has 0 bridgehead atoms. The van der Waals surface area contributed by atoms with Crippen molar-refractivity contribution in [2.24, 2.45) is 11.7 Å². The van der Waals surface area contributed by atoms with E-state index in [9.17, 15) is 9.90 Å². The van der Waals surface area contributed by atoms with E-state index in [-0.39, 0.29) is 16.6 Å². The minimum absolute atomic E-state index is 0.101. The highest BCUT2D eigenvalue weighted by Crippen LogP contribution is 2.27. The topological polar surface area (TPSA) is 66.6 Å². The summed E-state index contributed by atoms with van der Waals surface area (Å²) in [6.45, 7) is 6.30. The van der Waals surface area contributed by atoms with Crippen molar-refractivity contribution in [3.8, 4) is 5.75 Å². The van der Waals surface area contributed by atoms with Crippen LogP contribution in [0.3, 0.4) is 0 Å². The van der Waals surface area contributed by atoms with Gasteiger partial charge in [-0.2, -0.15) is 0 Å². The van der Waals surface area contributed by atoms with Crippen LogP contribution in [0.2, 0.25) is 0 Å². The average Bonchev–Trinajstić information content (AvgIpc) is 2.40. The van der Waals surface area contributed by atoms with Crippen LogP contribution in [0.25, 0.3) is 0 Å². The van der Waals surface area contributed by atoms with Crippen LogP contribution in [0.15, 0.2) is 18.2 Å². The fourth-order valence-corrected chi connectivity index (χ4v) is 2.42. The summed E-state index contributed by atoms with van der Waals surface area (Å²) in [6, 6.07) is 4.99. The zero-order chi connectivity index (χ0) is 15.3. The van der Waals surface area contributed by atoms with Crippen LogP contribution in [0.5, 0.6) is 5.75 Å². The summed E-state index contributed by atoms with van der Waals surface area (Å²) in [5, 5.41) is 9.63. The summed E-state index contributed by atoms with van der Waals surface area (Å²) in [6.07, 6.45) is 1.48. The van der Waals surface area contributed by atoms with Crippen LogP contribution in [0.1, 0.15) is 32.3 Å². The van der Waals surface area contributed by atoms with E-state index in [4.69, 9.17) is 18.0 Å². The minimum Gasteiger partial charge on any atom is -0.508 e. The molecule has 0 aliphatic carbocycles. The van der Waals surface area contributed by atoms with E-state index in [1.165, 1.54) is 0 Å². The van der Waals surface area contributed by atoms with E-state index in [0.717, 1.165) is 12.0 Å². The monoisotopic (exact) mass is 294 g/mol. The van der Waals surface area contributed by atoms with E-state index in [0.29, 0.717) is 18.7 Å². The van der Waals surface area contributed by atoms with Gasteiger partial charge in [-0.15, -0.1) is 0 Å². The third kappa shape index (κ3) is 3.70. The molecule has 3 N–H and O–H groups in total. The molecule has 0 saturated carbocycles. The Kier molecular flexibility index (Phi) is 5.95. The van der Waals surface area contributed by atoms with Gasteiger partial charge in [0.25, 0.3) is 0 Å². The Balaban J connectivity index is 3.14. The van der Waals surface area contributed by atoms with Crippen LogP contribution in [-0.2, 0) is 4.79 Å². The lowest BCUT2D eigenvalue weighted by Gasteiger charge is -2.27. The summed E-state index contributed by atoms with van der Waals surface area (Å²) in [4.78, 5) is 14.5. The molecule has 20 heavy (non-hydrogen) atoms. The zero-order valence-electron chi connectivity index (χ0n) is 12.2. The van der Waals surface area contributed by atoms with E-state index < -0.39 is 5.92 Å². The Morgan fingerprint density at radius 3 is 2.60 bits per heavy atom. The molecule has 1 rings (SSSR count). The Hall–Kier alpha value is -1.62. The number of phenolic OH excluding ortho intramolecular Hbond substituents is 1. The molecule has 5 heteroatoms. The zero-order valence-corrected chi connectivity index (χ0v) is 13.0. The average molecular weight is 294 g/mol. The molecule has 0 aromatic heterocycles. The number of benzene rings is 1. The number of aryl methyl sites for hydroxylation is 1. The normalized spacial score (nSPS) is 11.9. The predicted molar refractivity (Wildman–Crippen MR) is 86.1 cm³/mol. The second-order valence-electron chi connectivity index (χ2n) is 4.80. The largest absolute Gasteiger partial charge is 0.508 e. The van der Waals surface area contributed by atoms with Crippen molar-refractivity contribution in [3.63, 3.8) is 0 Å². The van der Waals surface area contributed by atoms with Crippen molar-refractivity contribution in [2.75, 3.05) is 11.4 Å². The number of anilines is 1. The Bertz CT molecular complexity index is 503. The first kappa shape index (κ1) is 16.4. The quantitative estimate of drug-likeness (QED) is 0.792. The maximum absolute atomic E-state index is 12.6. The molecule has 0 radical (unpaired) electrons. The fourth-order valence-electron chi connectivity index (χ4n) is 2.20. The SMILES string of the molecule is CCCC(C(=O)N(CC)c1cc(O)ccc1C)C(N)=S. The van der Waals surface area contributed by atoms with E-state index in [1.54, 1.807) is 23.1 Å². The number of amides is 1. The smallest absolute Gasteiger partial charge is 0.236 e. The summed E-state index contributed by atoms with van der Waals surface area (Å²) in [5.74, 6) is -0.411. The van der Waals surface area contributed by atoms with Gasteiger partial charge >= 0.3 is 0 Å². The van der Waals surface area contributed by atoms with Crippen molar-refractivity contribution in [1.82, 2.24) is 0 Å². The third-order valence-corrected chi connectivity index (χ3v) is 3.57. The van der Waals surface area contributed by atoms with E-state index in [2.05, 4.69) is 0 Å². The van der Waals surface area contributed by atoms with Crippen molar-refractivity contribution in [3.05, 3.63) is 23.8 Å². The van der Waals surface area contributed by atoms with Gasteiger partial charge < -0.3 is 15.7 Å². The molecule has 110 valence electrons. The van der Waals surface area contributed by atoms with Gasteiger partial charge in [-0.3, -0.25) is 4.79 Å². The lowest BCUT2D eigenvalue weighted by molar-refractivity contribution is -0.120. The molecule has 4 nitrogen and oxygen atoms in total. The Labute approximate surface area is 125 Å². The lowest BCUT2D eigenvalue weighted by atomic mass is 10.0. The third-order valence-electron chi connectivity index (χ3n) is 3.28. The molecule has 0 saturated heterocycles. The van der Waals surface area contributed by atoms with Gasteiger partial charge in [0, 0.05) is 12.6 Å². The Morgan fingerprint density at radius 1 is 1.45 bits per heavy atom. The van der Waals surface area contributed by atoms with E-state index >= 15 is 0 Å². The van der Waals surface area contributed by atoms with Gasteiger partial charge in [-0.05, 0) is 31.9 Å². The molecule has 1 amide bonds. The first-order valence-corrected chi connectivity index (χ1v) is 7.23. The standard InChI is InChI=1S/C15H22N2O2S/c1-4-6-12(14(16)20)15(19)17(5-2)13-9-11(18)8-7-10(13)3/h7-9,12,18H,4-6H2,1-3H3,(H2,16,20). The molecule has 0 spiro atoms. The molecule has 1 aromatic carbocycles. The molecular formula is C15H22N2O2S. The van der Waals surface area contributed by atoms with Crippen LogP contribution in [0.4, 0.5) is 5.69 Å². The first-order chi connectivity index (χ1) is 9.42. The number of hydrogen-bond donors (Lipinski definition) is 2. The lowest BCUT2D eigenvalue weighted by Crippen LogP contribution is -2.41. The van der Waals surface area contributed by atoms with Crippen LogP contribution in [-0.4, -0.2) is 22.5 Å². The maximum Gasteiger partial charge on any atom is 0.236 e. The van der Waals surface area contributed by atoms with Crippen molar-refractivity contribution >= 4 is 28.8 Å². The molecule has 0 heterocycles. The first-order valence-electron chi connectivity index (χ1n) is 6.82. The van der Waals surface area contributed by atoms with Crippen molar-refractivity contribution in [1.29, 1.82) is 0 Å². The second kappa shape index (κ2) is 7.24. The molecule has 1 unspecified atom stereocenters. The highest BCUT2D eigenvalue weighted by Gasteiger charge is 2.27. The number of carbonyl (C=O) groups excluding carboxylic acids is 1. The summed E-state index contributed by atoms with van der Waals surface area (Å²) >= 11 is 5.02. The number of carbonyl (C=O) groups is 1. The number of phenols is 1. The maximum atomic E-state index is 12.6. The molecule has 0 aliphatic heterocycles.